The summed E-state index contributed by atoms with van der Waals surface area (Å²) in [6, 6.07) is 7.50. The molecule has 0 unspecified atom stereocenters. The molecular formula is C13H19N3O2. The summed E-state index contributed by atoms with van der Waals surface area (Å²) in [5.74, 6) is 0.740. The Bertz CT molecular complexity index is 402. The van der Waals surface area contributed by atoms with Gasteiger partial charge in [-0.25, -0.2) is 0 Å². The molecule has 1 aromatic carbocycles. The van der Waals surface area contributed by atoms with Crippen LogP contribution < -0.4 is 15.4 Å². The van der Waals surface area contributed by atoms with Crippen LogP contribution in [-0.2, 0) is 4.74 Å². The highest BCUT2D eigenvalue weighted by molar-refractivity contribution is 5.60. The average molecular weight is 249 g/mol. The maximum absolute atomic E-state index is 8.99. The summed E-state index contributed by atoms with van der Waals surface area (Å²) < 4.78 is 10.1. The molecule has 0 bridgehead atoms. The van der Waals surface area contributed by atoms with E-state index < -0.39 is 0 Å². The zero-order chi connectivity index (χ0) is 13.2. The fraction of sp³-hybridized carbons (Fsp3) is 0.462. The summed E-state index contributed by atoms with van der Waals surface area (Å²) >= 11 is 0. The second-order valence-electron chi connectivity index (χ2n) is 3.69. The fourth-order valence-electron chi connectivity index (χ4n) is 1.48. The number of nitrogens with one attached hydrogen (secondary N) is 2. The molecule has 0 aliphatic rings. The summed E-state index contributed by atoms with van der Waals surface area (Å²) in [6.45, 7) is 3.07. The van der Waals surface area contributed by atoms with Gasteiger partial charge in [-0.1, -0.05) is 0 Å². The number of nitriles is 1. The van der Waals surface area contributed by atoms with Gasteiger partial charge in [-0.2, -0.15) is 5.26 Å². The first-order valence-corrected chi connectivity index (χ1v) is 5.83. The van der Waals surface area contributed by atoms with Gasteiger partial charge in [-0.15, -0.1) is 0 Å². The second-order valence-corrected chi connectivity index (χ2v) is 3.69. The van der Waals surface area contributed by atoms with Gasteiger partial charge < -0.3 is 20.1 Å². The van der Waals surface area contributed by atoms with Gasteiger partial charge >= 0.3 is 0 Å². The topological polar surface area (TPSA) is 66.3 Å². The molecule has 0 atom stereocenters. The van der Waals surface area contributed by atoms with E-state index in [1.807, 2.05) is 6.07 Å². The minimum absolute atomic E-state index is 0.618. The molecule has 1 aromatic rings. The molecule has 0 spiro atoms. The molecule has 0 radical (unpaired) electrons. The van der Waals surface area contributed by atoms with Gasteiger partial charge in [-0.3, -0.25) is 0 Å². The van der Waals surface area contributed by atoms with E-state index in [1.165, 1.54) is 0 Å². The highest BCUT2D eigenvalue weighted by Crippen LogP contribution is 2.21. The number of nitrogens with zero attached hydrogens (tertiary/aromatic N) is 1. The number of hydrogen-bond donors (Lipinski definition) is 2. The van der Waals surface area contributed by atoms with Gasteiger partial charge in [0.1, 0.15) is 11.8 Å². The number of methoxy groups -OCH3 is 2. The highest BCUT2D eigenvalue weighted by Gasteiger charge is 2.02. The molecule has 0 aliphatic carbocycles. The minimum Gasteiger partial charge on any atom is -0.497 e. The molecule has 0 aliphatic heterocycles. The first-order valence-electron chi connectivity index (χ1n) is 5.83. The molecular weight excluding hydrogens is 230 g/mol. The Hall–Kier alpha value is -1.77. The van der Waals surface area contributed by atoms with Crippen LogP contribution in [0.15, 0.2) is 18.2 Å². The van der Waals surface area contributed by atoms with E-state index in [1.54, 1.807) is 26.4 Å². The van der Waals surface area contributed by atoms with Crippen LogP contribution >= 0.6 is 0 Å². The largest absolute Gasteiger partial charge is 0.497 e. The minimum atomic E-state index is 0.618. The first kappa shape index (κ1) is 14.3. The summed E-state index contributed by atoms with van der Waals surface area (Å²) in [7, 11) is 3.28. The maximum atomic E-state index is 8.99. The van der Waals surface area contributed by atoms with E-state index in [0.717, 1.165) is 31.1 Å². The van der Waals surface area contributed by atoms with Crippen LogP contribution in [0.25, 0.3) is 0 Å². The Morgan fingerprint density at radius 2 is 2.06 bits per heavy atom. The van der Waals surface area contributed by atoms with Crippen molar-refractivity contribution in [2.24, 2.45) is 0 Å². The quantitative estimate of drug-likeness (QED) is 0.678. The zero-order valence-corrected chi connectivity index (χ0v) is 10.8. The molecule has 5 heteroatoms. The Morgan fingerprint density at radius 1 is 1.22 bits per heavy atom. The Labute approximate surface area is 108 Å². The predicted molar refractivity (Wildman–Crippen MR) is 70.9 cm³/mol. The van der Waals surface area contributed by atoms with Crippen LogP contribution in [0.5, 0.6) is 5.75 Å². The van der Waals surface area contributed by atoms with Crippen molar-refractivity contribution in [1.29, 1.82) is 5.26 Å². The van der Waals surface area contributed by atoms with Gasteiger partial charge in [0.05, 0.1) is 25.0 Å². The lowest BCUT2D eigenvalue weighted by molar-refractivity contribution is 0.200. The van der Waals surface area contributed by atoms with Crippen LogP contribution in [0.1, 0.15) is 5.56 Å². The molecule has 0 fully saturated rings. The third-order valence-corrected chi connectivity index (χ3v) is 2.45. The average Bonchev–Trinajstić information content (AvgIpc) is 2.42. The van der Waals surface area contributed by atoms with E-state index in [-0.39, 0.29) is 0 Å². The molecule has 0 saturated heterocycles. The molecule has 0 heterocycles. The lowest BCUT2D eigenvalue weighted by Gasteiger charge is -2.10. The molecule has 5 nitrogen and oxygen atoms in total. The van der Waals surface area contributed by atoms with Gasteiger partial charge in [0, 0.05) is 32.8 Å². The summed E-state index contributed by atoms with van der Waals surface area (Å²) in [4.78, 5) is 0. The van der Waals surface area contributed by atoms with E-state index in [4.69, 9.17) is 14.7 Å². The second kappa shape index (κ2) is 8.34. The third kappa shape index (κ3) is 4.62. The van der Waals surface area contributed by atoms with Crippen molar-refractivity contribution in [3.05, 3.63) is 23.8 Å². The van der Waals surface area contributed by atoms with Crippen molar-refractivity contribution in [3.63, 3.8) is 0 Å². The molecule has 1 rings (SSSR count). The SMILES string of the molecule is COCCNCCNc1cc(OC)ccc1C#N. The Morgan fingerprint density at radius 3 is 2.72 bits per heavy atom. The molecule has 2 N–H and O–H groups in total. The van der Waals surface area contributed by atoms with Crippen molar-refractivity contribution >= 4 is 5.69 Å². The Kier molecular flexibility index (Phi) is 6.62. The maximum Gasteiger partial charge on any atom is 0.121 e. The summed E-state index contributed by atoms with van der Waals surface area (Å²) in [5.41, 5.74) is 1.41. The standard InChI is InChI=1S/C13H19N3O2/c1-17-8-7-15-5-6-16-13-9-12(18-2)4-3-11(13)10-14/h3-4,9,15-16H,5-8H2,1-2H3. The normalized spacial score (nSPS) is 9.83. The van der Waals surface area contributed by atoms with Crippen LogP contribution in [-0.4, -0.2) is 40.5 Å². The zero-order valence-electron chi connectivity index (χ0n) is 10.8. The first-order chi connectivity index (χ1) is 8.81. The predicted octanol–water partition coefficient (Wildman–Crippen LogP) is 1.21. The lowest BCUT2D eigenvalue weighted by Crippen LogP contribution is -2.25. The van der Waals surface area contributed by atoms with E-state index >= 15 is 0 Å². The smallest absolute Gasteiger partial charge is 0.121 e. The number of anilines is 1. The monoisotopic (exact) mass is 249 g/mol. The van der Waals surface area contributed by atoms with E-state index in [2.05, 4.69) is 16.7 Å². The summed E-state index contributed by atoms with van der Waals surface area (Å²) in [5, 5.41) is 15.4. The highest BCUT2D eigenvalue weighted by atomic mass is 16.5. The number of hydrogen-bond acceptors (Lipinski definition) is 5. The van der Waals surface area contributed by atoms with Crippen molar-refractivity contribution in [1.82, 2.24) is 5.32 Å². The molecule has 0 amide bonds. The van der Waals surface area contributed by atoms with Gasteiger partial charge in [-0.05, 0) is 12.1 Å². The van der Waals surface area contributed by atoms with Gasteiger partial charge in [0.2, 0.25) is 0 Å². The van der Waals surface area contributed by atoms with Crippen molar-refractivity contribution in [2.45, 2.75) is 0 Å². The lowest BCUT2D eigenvalue weighted by atomic mass is 10.2. The van der Waals surface area contributed by atoms with Crippen molar-refractivity contribution in [2.75, 3.05) is 45.8 Å². The third-order valence-electron chi connectivity index (χ3n) is 2.45. The van der Waals surface area contributed by atoms with E-state index in [0.29, 0.717) is 12.2 Å². The number of rotatable bonds is 8. The van der Waals surface area contributed by atoms with Crippen LogP contribution in [0.2, 0.25) is 0 Å². The van der Waals surface area contributed by atoms with Crippen LogP contribution in [0, 0.1) is 11.3 Å². The Balaban J connectivity index is 2.43. The number of ether oxygens (including phenoxy) is 2. The molecule has 98 valence electrons. The van der Waals surface area contributed by atoms with Crippen molar-refractivity contribution < 1.29 is 9.47 Å². The van der Waals surface area contributed by atoms with Crippen LogP contribution in [0.4, 0.5) is 5.69 Å². The molecule has 18 heavy (non-hydrogen) atoms. The number of benzene rings is 1. The molecule has 0 aromatic heterocycles. The summed E-state index contributed by atoms with van der Waals surface area (Å²) in [6.07, 6.45) is 0. The van der Waals surface area contributed by atoms with E-state index in [9.17, 15) is 0 Å². The fourth-order valence-corrected chi connectivity index (χ4v) is 1.48. The van der Waals surface area contributed by atoms with Gasteiger partial charge in [0.25, 0.3) is 0 Å². The van der Waals surface area contributed by atoms with Gasteiger partial charge in [0.15, 0.2) is 0 Å². The molecule has 0 saturated carbocycles. The van der Waals surface area contributed by atoms with Crippen molar-refractivity contribution in [3.8, 4) is 11.8 Å². The van der Waals surface area contributed by atoms with Crippen LogP contribution in [0.3, 0.4) is 0 Å².